The zero-order valence-electron chi connectivity index (χ0n) is 10.7. The number of rotatable bonds is 2. The van der Waals surface area contributed by atoms with E-state index in [9.17, 15) is 0 Å². The van der Waals surface area contributed by atoms with E-state index in [0.717, 1.165) is 22.5 Å². The van der Waals surface area contributed by atoms with E-state index in [2.05, 4.69) is 28.9 Å². The highest BCUT2D eigenvalue weighted by atomic mass is 35.5. The maximum atomic E-state index is 6.27. The zero-order chi connectivity index (χ0) is 13.4. The van der Waals surface area contributed by atoms with Crippen LogP contribution >= 0.6 is 11.6 Å². The molecule has 19 heavy (non-hydrogen) atoms. The summed E-state index contributed by atoms with van der Waals surface area (Å²) in [4.78, 5) is 8.77. The number of hydrogen-bond acceptors (Lipinski definition) is 3. The van der Waals surface area contributed by atoms with Crippen molar-refractivity contribution in [2.45, 2.75) is 19.8 Å². The van der Waals surface area contributed by atoms with Gasteiger partial charge in [0.25, 0.3) is 0 Å². The predicted octanol–water partition coefficient (Wildman–Crippen LogP) is 3.57. The van der Waals surface area contributed by atoms with Gasteiger partial charge in [0, 0.05) is 29.6 Å². The summed E-state index contributed by atoms with van der Waals surface area (Å²) in [6.45, 7) is 4.23. The van der Waals surface area contributed by atoms with Gasteiger partial charge in [-0.15, -0.1) is 0 Å². The standard InChI is InChI=1S/C14H13ClN4/c1-9(2)11-8-17-19-13(15)6-12(18-14(11)19)10-4-3-5-16-7-10/h3-9H,1-2H3. The minimum atomic E-state index is 0.352. The molecule has 0 radical (unpaired) electrons. The van der Waals surface area contributed by atoms with Gasteiger partial charge in [-0.25, -0.2) is 9.50 Å². The number of fused-ring (bicyclic) bond motifs is 1. The number of aromatic nitrogens is 4. The van der Waals surface area contributed by atoms with Crippen LogP contribution in [-0.2, 0) is 0 Å². The molecule has 0 aliphatic heterocycles. The molecule has 0 unspecified atom stereocenters. The molecule has 5 heteroatoms. The first kappa shape index (κ1) is 12.1. The Kier molecular flexibility index (Phi) is 2.95. The molecule has 0 spiro atoms. The minimum Gasteiger partial charge on any atom is -0.264 e. The zero-order valence-corrected chi connectivity index (χ0v) is 11.5. The molecule has 4 nitrogen and oxygen atoms in total. The molecule has 0 aliphatic rings. The van der Waals surface area contributed by atoms with Crippen LogP contribution in [0.15, 0.2) is 36.8 Å². The lowest BCUT2D eigenvalue weighted by Crippen LogP contribution is -1.97. The third kappa shape index (κ3) is 2.08. The van der Waals surface area contributed by atoms with Gasteiger partial charge in [0.15, 0.2) is 5.65 Å². The number of hydrogen-bond donors (Lipinski definition) is 0. The molecule has 0 saturated heterocycles. The van der Waals surface area contributed by atoms with Gasteiger partial charge in [0.2, 0.25) is 0 Å². The van der Waals surface area contributed by atoms with Crippen LogP contribution in [0.2, 0.25) is 5.15 Å². The van der Waals surface area contributed by atoms with Crippen LogP contribution in [0, 0.1) is 0 Å². The van der Waals surface area contributed by atoms with E-state index in [1.165, 1.54) is 0 Å². The van der Waals surface area contributed by atoms with Crippen molar-refractivity contribution in [2.24, 2.45) is 0 Å². The molecule has 0 N–H and O–H groups in total. The van der Waals surface area contributed by atoms with Gasteiger partial charge >= 0.3 is 0 Å². The first-order valence-electron chi connectivity index (χ1n) is 6.11. The smallest absolute Gasteiger partial charge is 0.160 e. The molecule has 3 heterocycles. The molecule has 0 atom stereocenters. The average molecular weight is 273 g/mol. The fourth-order valence-corrected chi connectivity index (χ4v) is 2.24. The van der Waals surface area contributed by atoms with Crippen LogP contribution in [0.25, 0.3) is 16.9 Å². The molecule has 96 valence electrons. The summed E-state index contributed by atoms with van der Waals surface area (Å²) < 4.78 is 1.66. The lowest BCUT2D eigenvalue weighted by molar-refractivity contribution is 0.872. The normalized spacial score (nSPS) is 11.4. The van der Waals surface area contributed by atoms with Gasteiger partial charge < -0.3 is 0 Å². The second-order valence-corrected chi connectivity index (χ2v) is 5.08. The molecular formula is C14H13ClN4. The molecule has 0 aliphatic carbocycles. The van der Waals surface area contributed by atoms with Crippen LogP contribution in [0.5, 0.6) is 0 Å². The van der Waals surface area contributed by atoms with E-state index < -0.39 is 0 Å². The number of halogens is 1. The van der Waals surface area contributed by atoms with Crippen molar-refractivity contribution >= 4 is 17.2 Å². The van der Waals surface area contributed by atoms with E-state index >= 15 is 0 Å². The van der Waals surface area contributed by atoms with Crippen molar-refractivity contribution in [1.82, 2.24) is 19.6 Å². The third-order valence-electron chi connectivity index (χ3n) is 3.03. The second-order valence-electron chi connectivity index (χ2n) is 4.70. The Labute approximate surface area is 116 Å². The highest BCUT2D eigenvalue weighted by Gasteiger charge is 2.13. The van der Waals surface area contributed by atoms with Crippen molar-refractivity contribution < 1.29 is 0 Å². The molecular weight excluding hydrogens is 260 g/mol. The summed E-state index contributed by atoms with van der Waals surface area (Å²) in [6.07, 6.45) is 5.34. The summed E-state index contributed by atoms with van der Waals surface area (Å²) in [5.41, 5.74) is 3.66. The Morgan fingerprint density at radius 3 is 2.79 bits per heavy atom. The van der Waals surface area contributed by atoms with Crippen LogP contribution in [0.1, 0.15) is 25.3 Å². The van der Waals surface area contributed by atoms with E-state index in [4.69, 9.17) is 11.6 Å². The van der Waals surface area contributed by atoms with Crippen LogP contribution < -0.4 is 0 Å². The van der Waals surface area contributed by atoms with Gasteiger partial charge in [-0.1, -0.05) is 25.4 Å². The van der Waals surface area contributed by atoms with Gasteiger partial charge in [0.1, 0.15) is 5.15 Å². The van der Waals surface area contributed by atoms with Crippen molar-refractivity contribution in [1.29, 1.82) is 0 Å². The Balaban J connectivity index is 2.26. The predicted molar refractivity (Wildman–Crippen MR) is 75.3 cm³/mol. The summed E-state index contributed by atoms with van der Waals surface area (Å²) >= 11 is 6.27. The molecule has 0 fully saturated rings. The van der Waals surface area contributed by atoms with Crippen molar-refractivity contribution in [3.05, 3.63) is 47.5 Å². The Morgan fingerprint density at radius 1 is 1.26 bits per heavy atom. The topological polar surface area (TPSA) is 43.1 Å². The van der Waals surface area contributed by atoms with Crippen LogP contribution in [0.3, 0.4) is 0 Å². The molecule has 0 saturated carbocycles. The van der Waals surface area contributed by atoms with Gasteiger partial charge in [-0.3, -0.25) is 4.98 Å². The van der Waals surface area contributed by atoms with Crippen LogP contribution in [0.4, 0.5) is 0 Å². The summed E-state index contributed by atoms with van der Waals surface area (Å²) in [6, 6.07) is 5.66. The minimum absolute atomic E-state index is 0.352. The van der Waals surface area contributed by atoms with Crippen molar-refractivity contribution in [3.8, 4) is 11.3 Å². The largest absolute Gasteiger partial charge is 0.264 e. The average Bonchev–Trinajstić information content (AvgIpc) is 2.84. The first-order chi connectivity index (χ1) is 9.16. The monoisotopic (exact) mass is 272 g/mol. The van der Waals surface area contributed by atoms with E-state index in [0.29, 0.717) is 11.1 Å². The van der Waals surface area contributed by atoms with E-state index in [-0.39, 0.29) is 0 Å². The molecule has 3 aromatic heterocycles. The maximum absolute atomic E-state index is 6.27. The quantitative estimate of drug-likeness (QED) is 0.670. The van der Waals surface area contributed by atoms with E-state index in [1.807, 2.05) is 24.4 Å². The summed E-state index contributed by atoms with van der Waals surface area (Å²) in [5.74, 6) is 0.352. The molecule has 3 rings (SSSR count). The van der Waals surface area contributed by atoms with Gasteiger partial charge in [0.05, 0.1) is 11.9 Å². The molecule has 0 bridgehead atoms. The van der Waals surface area contributed by atoms with Crippen molar-refractivity contribution in [2.75, 3.05) is 0 Å². The maximum Gasteiger partial charge on any atom is 0.160 e. The lowest BCUT2D eigenvalue weighted by atomic mass is 10.1. The third-order valence-corrected chi connectivity index (χ3v) is 3.30. The van der Waals surface area contributed by atoms with Crippen molar-refractivity contribution in [3.63, 3.8) is 0 Å². The first-order valence-corrected chi connectivity index (χ1v) is 6.49. The van der Waals surface area contributed by atoms with E-state index in [1.54, 1.807) is 16.9 Å². The SMILES string of the molecule is CC(C)c1cnn2c(Cl)cc(-c3cccnc3)nc12. The highest BCUT2D eigenvalue weighted by Crippen LogP contribution is 2.25. The number of nitrogens with zero attached hydrogens (tertiary/aromatic N) is 4. The Morgan fingerprint density at radius 2 is 2.11 bits per heavy atom. The summed E-state index contributed by atoms with van der Waals surface area (Å²) in [5, 5.41) is 4.83. The molecule has 0 aromatic carbocycles. The van der Waals surface area contributed by atoms with Crippen LogP contribution in [-0.4, -0.2) is 19.6 Å². The Bertz CT molecular complexity index is 719. The number of pyridine rings is 1. The van der Waals surface area contributed by atoms with Gasteiger partial charge in [-0.05, 0) is 18.1 Å². The fraction of sp³-hybridized carbons (Fsp3) is 0.214. The molecule has 0 amide bonds. The summed E-state index contributed by atoms with van der Waals surface area (Å²) in [7, 11) is 0. The lowest BCUT2D eigenvalue weighted by Gasteiger charge is -2.06. The second kappa shape index (κ2) is 4.63. The highest BCUT2D eigenvalue weighted by molar-refractivity contribution is 6.30. The Hall–Kier alpha value is -1.94. The van der Waals surface area contributed by atoms with Gasteiger partial charge in [-0.2, -0.15) is 5.10 Å². The fourth-order valence-electron chi connectivity index (χ4n) is 2.01. The molecule has 3 aromatic rings.